The molecule has 1 aromatic heterocycles. The number of hydrogen-bond donors (Lipinski definition) is 1. The fourth-order valence-electron chi connectivity index (χ4n) is 2.77. The molecule has 1 aromatic carbocycles. The molecule has 0 atom stereocenters. The second kappa shape index (κ2) is 7.15. The van der Waals surface area contributed by atoms with E-state index in [1.807, 2.05) is 23.1 Å². The number of aryl methyl sites for hydroxylation is 2. The van der Waals surface area contributed by atoms with Gasteiger partial charge in [0.15, 0.2) is 0 Å². The summed E-state index contributed by atoms with van der Waals surface area (Å²) in [4.78, 5) is 16.7. The Bertz CT molecular complexity index is 661. The number of urea groups is 1. The Balaban J connectivity index is 1.50. The second-order valence-corrected chi connectivity index (χ2v) is 6.90. The van der Waals surface area contributed by atoms with Crippen LogP contribution in [0, 0.1) is 13.8 Å². The summed E-state index contributed by atoms with van der Waals surface area (Å²) in [7, 11) is 0. The monoisotopic (exact) mass is 329 g/mol. The zero-order valence-electron chi connectivity index (χ0n) is 13.7. The first-order valence-electron chi connectivity index (χ1n) is 7.98. The third-order valence-electron chi connectivity index (χ3n) is 4.40. The molecule has 4 nitrogen and oxygen atoms in total. The summed E-state index contributed by atoms with van der Waals surface area (Å²) in [5.74, 6) is 0. The lowest BCUT2D eigenvalue weighted by molar-refractivity contribution is 0.143. The first-order chi connectivity index (χ1) is 11.1. The van der Waals surface area contributed by atoms with Crippen molar-refractivity contribution in [2.45, 2.75) is 20.4 Å². The largest absolute Gasteiger partial charge is 0.322 e. The maximum absolute atomic E-state index is 12.4. The predicted molar refractivity (Wildman–Crippen MR) is 96.1 cm³/mol. The van der Waals surface area contributed by atoms with Gasteiger partial charge in [-0.05, 0) is 59.5 Å². The molecule has 1 N–H and O–H groups in total. The van der Waals surface area contributed by atoms with Crippen LogP contribution in [0.15, 0.2) is 35.0 Å². The lowest BCUT2D eigenvalue weighted by Crippen LogP contribution is -2.49. The fraction of sp³-hybridized carbons (Fsp3) is 0.389. The minimum Gasteiger partial charge on any atom is -0.322 e. The highest BCUT2D eigenvalue weighted by molar-refractivity contribution is 7.07. The maximum Gasteiger partial charge on any atom is 0.321 e. The predicted octanol–water partition coefficient (Wildman–Crippen LogP) is 3.71. The van der Waals surface area contributed by atoms with Gasteiger partial charge in [0, 0.05) is 38.4 Å². The van der Waals surface area contributed by atoms with E-state index in [-0.39, 0.29) is 6.03 Å². The lowest BCUT2D eigenvalue weighted by Gasteiger charge is -2.34. The van der Waals surface area contributed by atoms with Crippen LogP contribution in [0.5, 0.6) is 0 Å². The number of rotatable bonds is 3. The smallest absolute Gasteiger partial charge is 0.321 e. The van der Waals surface area contributed by atoms with E-state index in [1.165, 1.54) is 16.7 Å². The van der Waals surface area contributed by atoms with E-state index in [0.29, 0.717) is 0 Å². The average Bonchev–Trinajstić information content (AvgIpc) is 3.04. The number of carbonyl (C=O) groups excluding carboxylic acids is 1. The first kappa shape index (κ1) is 16.0. The molecule has 1 saturated heterocycles. The Labute approximate surface area is 141 Å². The summed E-state index contributed by atoms with van der Waals surface area (Å²) >= 11 is 1.74. The Hall–Kier alpha value is -1.85. The minimum absolute atomic E-state index is 0.00318. The van der Waals surface area contributed by atoms with E-state index in [4.69, 9.17) is 0 Å². The van der Waals surface area contributed by atoms with E-state index in [1.54, 1.807) is 11.3 Å². The van der Waals surface area contributed by atoms with E-state index in [0.717, 1.165) is 38.4 Å². The van der Waals surface area contributed by atoms with Crippen molar-refractivity contribution in [3.63, 3.8) is 0 Å². The van der Waals surface area contributed by atoms with Gasteiger partial charge >= 0.3 is 6.03 Å². The van der Waals surface area contributed by atoms with Gasteiger partial charge in [0.05, 0.1) is 0 Å². The van der Waals surface area contributed by atoms with Crippen LogP contribution in [-0.4, -0.2) is 42.0 Å². The summed E-state index contributed by atoms with van der Waals surface area (Å²) in [6, 6.07) is 8.21. The molecule has 0 radical (unpaired) electrons. The number of carbonyl (C=O) groups is 1. The summed E-state index contributed by atoms with van der Waals surface area (Å²) in [5.41, 5.74) is 4.68. The Morgan fingerprint density at radius 1 is 1.13 bits per heavy atom. The molecule has 5 heteroatoms. The van der Waals surface area contributed by atoms with Gasteiger partial charge in [0.25, 0.3) is 0 Å². The normalized spacial score (nSPS) is 15.7. The van der Waals surface area contributed by atoms with Crippen molar-refractivity contribution in [3.8, 4) is 0 Å². The Morgan fingerprint density at radius 3 is 2.57 bits per heavy atom. The first-order valence-corrected chi connectivity index (χ1v) is 8.93. The quantitative estimate of drug-likeness (QED) is 0.931. The number of anilines is 1. The van der Waals surface area contributed by atoms with Gasteiger partial charge in [-0.15, -0.1) is 0 Å². The molecule has 122 valence electrons. The molecule has 0 spiro atoms. The van der Waals surface area contributed by atoms with Crippen LogP contribution in [-0.2, 0) is 6.54 Å². The van der Waals surface area contributed by atoms with Crippen molar-refractivity contribution >= 4 is 23.1 Å². The topological polar surface area (TPSA) is 35.6 Å². The molecular weight excluding hydrogens is 306 g/mol. The molecule has 0 aliphatic carbocycles. The molecule has 2 heterocycles. The fourth-order valence-corrected chi connectivity index (χ4v) is 3.43. The summed E-state index contributed by atoms with van der Waals surface area (Å²) < 4.78 is 0. The maximum atomic E-state index is 12.4. The number of piperazine rings is 1. The molecule has 3 rings (SSSR count). The zero-order chi connectivity index (χ0) is 16.2. The van der Waals surface area contributed by atoms with E-state index < -0.39 is 0 Å². The highest BCUT2D eigenvalue weighted by Crippen LogP contribution is 2.16. The highest BCUT2D eigenvalue weighted by Gasteiger charge is 2.21. The van der Waals surface area contributed by atoms with Crippen LogP contribution >= 0.6 is 11.3 Å². The van der Waals surface area contributed by atoms with Gasteiger partial charge < -0.3 is 10.2 Å². The van der Waals surface area contributed by atoms with Crippen molar-refractivity contribution in [1.29, 1.82) is 0 Å². The van der Waals surface area contributed by atoms with Crippen molar-refractivity contribution < 1.29 is 4.79 Å². The van der Waals surface area contributed by atoms with Crippen LogP contribution < -0.4 is 5.32 Å². The Morgan fingerprint density at radius 2 is 1.91 bits per heavy atom. The molecule has 2 aromatic rings. The third-order valence-corrected chi connectivity index (χ3v) is 5.14. The van der Waals surface area contributed by atoms with Gasteiger partial charge in [-0.3, -0.25) is 4.90 Å². The second-order valence-electron chi connectivity index (χ2n) is 6.12. The van der Waals surface area contributed by atoms with Crippen LogP contribution in [0.25, 0.3) is 0 Å². The van der Waals surface area contributed by atoms with Crippen molar-refractivity contribution in [3.05, 3.63) is 51.7 Å². The third kappa shape index (κ3) is 4.12. The van der Waals surface area contributed by atoms with Crippen LogP contribution in [0.1, 0.15) is 16.7 Å². The Kier molecular flexibility index (Phi) is 4.98. The molecule has 1 aliphatic rings. The molecule has 0 saturated carbocycles. The number of benzene rings is 1. The number of nitrogens with one attached hydrogen (secondary N) is 1. The molecule has 1 aliphatic heterocycles. The van der Waals surface area contributed by atoms with Gasteiger partial charge in [0.1, 0.15) is 0 Å². The molecule has 23 heavy (non-hydrogen) atoms. The average molecular weight is 329 g/mol. The summed E-state index contributed by atoms with van der Waals surface area (Å²) in [5, 5.41) is 7.32. The minimum atomic E-state index is 0.00318. The van der Waals surface area contributed by atoms with Crippen LogP contribution in [0.4, 0.5) is 10.5 Å². The van der Waals surface area contributed by atoms with Gasteiger partial charge in [-0.2, -0.15) is 11.3 Å². The number of hydrogen-bond acceptors (Lipinski definition) is 3. The standard InChI is InChI=1S/C18H23N3OS/c1-14-3-4-17(11-15(14)2)19-18(22)21-8-6-20(7-9-21)12-16-5-10-23-13-16/h3-5,10-11,13H,6-9,12H2,1-2H3,(H,19,22). The molecule has 0 bridgehead atoms. The lowest BCUT2D eigenvalue weighted by atomic mass is 10.1. The summed E-state index contributed by atoms with van der Waals surface area (Å²) in [6.45, 7) is 8.53. The van der Waals surface area contributed by atoms with Crippen molar-refractivity contribution in [2.75, 3.05) is 31.5 Å². The van der Waals surface area contributed by atoms with Gasteiger partial charge in [0.2, 0.25) is 0 Å². The van der Waals surface area contributed by atoms with Crippen molar-refractivity contribution in [2.24, 2.45) is 0 Å². The van der Waals surface area contributed by atoms with E-state index in [2.05, 4.69) is 40.9 Å². The number of nitrogens with zero attached hydrogens (tertiary/aromatic N) is 2. The molecule has 1 fully saturated rings. The molecule has 0 unspecified atom stereocenters. The summed E-state index contributed by atoms with van der Waals surface area (Å²) in [6.07, 6.45) is 0. The van der Waals surface area contributed by atoms with E-state index >= 15 is 0 Å². The van der Waals surface area contributed by atoms with E-state index in [9.17, 15) is 4.79 Å². The SMILES string of the molecule is Cc1ccc(NC(=O)N2CCN(Cc3ccsc3)CC2)cc1C. The van der Waals surface area contributed by atoms with Gasteiger partial charge in [-0.1, -0.05) is 6.07 Å². The highest BCUT2D eigenvalue weighted by atomic mass is 32.1. The van der Waals surface area contributed by atoms with Crippen LogP contribution in [0.3, 0.4) is 0 Å². The molecule has 2 amide bonds. The van der Waals surface area contributed by atoms with Gasteiger partial charge in [-0.25, -0.2) is 4.79 Å². The zero-order valence-corrected chi connectivity index (χ0v) is 14.5. The molecular formula is C18H23N3OS. The number of amides is 2. The number of thiophene rings is 1. The van der Waals surface area contributed by atoms with Crippen molar-refractivity contribution in [1.82, 2.24) is 9.80 Å². The van der Waals surface area contributed by atoms with Crippen LogP contribution in [0.2, 0.25) is 0 Å².